The minimum absolute atomic E-state index is 0.296. The highest BCUT2D eigenvalue weighted by atomic mass is 19.1. The van der Waals surface area contributed by atoms with E-state index in [1.54, 1.807) is 6.07 Å². The van der Waals surface area contributed by atoms with Gasteiger partial charge in [-0.05, 0) is 57.3 Å². The largest absolute Gasteiger partial charge is 0.505 e. The lowest BCUT2D eigenvalue weighted by Gasteiger charge is -2.36. The van der Waals surface area contributed by atoms with E-state index in [1.165, 1.54) is 37.9 Å². The zero-order valence-corrected chi connectivity index (χ0v) is 12.4. The molecule has 2 unspecified atom stereocenters. The molecule has 2 rings (SSSR count). The molecule has 0 amide bonds. The minimum atomic E-state index is -0.571. The lowest BCUT2D eigenvalue weighted by atomic mass is 9.91. The van der Waals surface area contributed by atoms with E-state index in [2.05, 4.69) is 24.1 Å². The number of nitrogens with one attached hydrogen (secondary N) is 1. The van der Waals surface area contributed by atoms with E-state index in [1.807, 2.05) is 0 Å². The Hall–Kier alpha value is -1.29. The summed E-state index contributed by atoms with van der Waals surface area (Å²) < 4.78 is 13.3. The highest BCUT2D eigenvalue weighted by Gasteiger charge is 2.24. The van der Waals surface area contributed by atoms with Crippen LogP contribution in [0.1, 0.15) is 33.1 Å². The maximum absolute atomic E-state index is 13.3. The molecule has 1 fully saturated rings. The number of hydrogen-bond acceptors (Lipinski definition) is 3. The molecule has 2 atom stereocenters. The Bertz CT molecular complexity index is 436. The quantitative estimate of drug-likeness (QED) is 0.811. The number of likely N-dealkylation sites (tertiary alicyclic amines) is 1. The number of aromatic hydroxyl groups is 1. The van der Waals surface area contributed by atoms with E-state index >= 15 is 0 Å². The van der Waals surface area contributed by atoms with Gasteiger partial charge in [-0.25, -0.2) is 4.39 Å². The number of rotatable bonds is 5. The van der Waals surface area contributed by atoms with E-state index < -0.39 is 5.82 Å². The van der Waals surface area contributed by atoms with E-state index in [0.29, 0.717) is 12.0 Å². The number of phenols is 1. The van der Waals surface area contributed by atoms with Crippen molar-refractivity contribution in [3.8, 4) is 5.75 Å². The lowest BCUT2D eigenvalue weighted by molar-refractivity contribution is 0.165. The van der Waals surface area contributed by atoms with Crippen molar-refractivity contribution < 1.29 is 9.50 Å². The van der Waals surface area contributed by atoms with Gasteiger partial charge in [0.05, 0.1) is 0 Å². The van der Waals surface area contributed by atoms with Crippen LogP contribution in [0.5, 0.6) is 5.75 Å². The van der Waals surface area contributed by atoms with Gasteiger partial charge in [-0.3, -0.25) is 0 Å². The molecule has 112 valence electrons. The molecule has 1 aromatic carbocycles. The van der Waals surface area contributed by atoms with Gasteiger partial charge < -0.3 is 15.3 Å². The fourth-order valence-corrected chi connectivity index (χ4v) is 3.00. The smallest absolute Gasteiger partial charge is 0.166 e. The Morgan fingerprint density at radius 2 is 2.30 bits per heavy atom. The zero-order valence-electron chi connectivity index (χ0n) is 12.4. The van der Waals surface area contributed by atoms with Gasteiger partial charge in [-0.1, -0.05) is 6.92 Å². The van der Waals surface area contributed by atoms with E-state index in [0.717, 1.165) is 18.8 Å². The van der Waals surface area contributed by atoms with Crippen molar-refractivity contribution in [3.63, 3.8) is 0 Å². The summed E-state index contributed by atoms with van der Waals surface area (Å²) in [6.45, 7) is 7.85. The van der Waals surface area contributed by atoms with Crippen LogP contribution in [0, 0.1) is 11.7 Å². The second-order valence-electron chi connectivity index (χ2n) is 5.80. The van der Waals surface area contributed by atoms with Gasteiger partial charge >= 0.3 is 0 Å². The van der Waals surface area contributed by atoms with Crippen molar-refractivity contribution in [2.45, 2.75) is 39.2 Å². The Morgan fingerprint density at radius 1 is 1.50 bits per heavy atom. The molecular weight excluding hydrogens is 255 g/mol. The highest BCUT2D eigenvalue weighted by Crippen LogP contribution is 2.24. The van der Waals surface area contributed by atoms with Crippen LogP contribution in [-0.4, -0.2) is 35.7 Å². The van der Waals surface area contributed by atoms with Crippen LogP contribution in [0.2, 0.25) is 0 Å². The summed E-state index contributed by atoms with van der Waals surface area (Å²) in [6, 6.07) is 4.79. The fraction of sp³-hybridized carbons (Fsp3) is 0.625. The maximum atomic E-state index is 13.3. The summed E-state index contributed by atoms with van der Waals surface area (Å²) in [4.78, 5) is 2.52. The normalized spacial score (nSPS) is 21.6. The standard InChI is InChI=1S/C16H25FN2O/c1-3-8-19-9-4-5-13(11-19)12(2)18-14-6-7-16(20)15(17)10-14/h6-7,10,12-13,18,20H,3-5,8-9,11H2,1-2H3. The van der Waals surface area contributed by atoms with Crippen molar-refractivity contribution >= 4 is 5.69 Å². The SMILES string of the molecule is CCCN1CCCC(C(C)Nc2ccc(O)c(F)c2)C1. The first-order chi connectivity index (χ1) is 9.60. The second kappa shape index (κ2) is 6.93. The summed E-state index contributed by atoms with van der Waals surface area (Å²) in [5, 5.41) is 12.6. The van der Waals surface area contributed by atoms with Gasteiger partial charge in [-0.15, -0.1) is 0 Å². The molecule has 0 bridgehead atoms. The Labute approximate surface area is 120 Å². The van der Waals surface area contributed by atoms with Gasteiger partial charge in [0.25, 0.3) is 0 Å². The molecule has 0 aliphatic carbocycles. The monoisotopic (exact) mass is 280 g/mol. The summed E-state index contributed by atoms with van der Waals surface area (Å²) in [7, 11) is 0. The van der Waals surface area contributed by atoms with Crippen molar-refractivity contribution in [1.82, 2.24) is 4.90 Å². The van der Waals surface area contributed by atoms with Crippen LogP contribution in [0.4, 0.5) is 10.1 Å². The van der Waals surface area contributed by atoms with Crippen LogP contribution in [0.25, 0.3) is 0 Å². The molecule has 4 heteroatoms. The highest BCUT2D eigenvalue weighted by molar-refractivity contribution is 5.47. The van der Waals surface area contributed by atoms with Crippen LogP contribution in [-0.2, 0) is 0 Å². The summed E-state index contributed by atoms with van der Waals surface area (Å²) in [5.41, 5.74) is 0.736. The third-order valence-electron chi connectivity index (χ3n) is 4.13. The molecule has 20 heavy (non-hydrogen) atoms. The average molecular weight is 280 g/mol. The number of anilines is 1. The van der Waals surface area contributed by atoms with Crippen molar-refractivity contribution in [3.05, 3.63) is 24.0 Å². The number of hydrogen-bond donors (Lipinski definition) is 2. The van der Waals surface area contributed by atoms with Crippen LogP contribution in [0.3, 0.4) is 0 Å². The molecule has 1 saturated heterocycles. The first kappa shape index (κ1) is 15.1. The maximum Gasteiger partial charge on any atom is 0.166 e. The molecule has 3 nitrogen and oxygen atoms in total. The lowest BCUT2D eigenvalue weighted by Crippen LogP contribution is -2.42. The van der Waals surface area contributed by atoms with Gasteiger partial charge in [0.1, 0.15) is 0 Å². The Kier molecular flexibility index (Phi) is 5.24. The Morgan fingerprint density at radius 3 is 3.00 bits per heavy atom. The van der Waals surface area contributed by atoms with Crippen molar-refractivity contribution in [1.29, 1.82) is 0 Å². The average Bonchev–Trinajstić information content (AvgIpc) is 2.43. The molecule has 0 radical (unpaired) electrons. The van der Waals surface area contributed by atoms with Crippen molar-refractivity contribution in [2.24, 2.45) is 5.92 Å². The molecule has 0 spiro atoms. The predicted molar refractivity (Wildman–Crippen MR) is 80.6 cm³/mol. The van der Waals surface area contributed by atoms with E-state index in [9.17, 15) is 9.50 Å². The van der Waals surface area contributed by atoms with Crippen molar-refractivity contribution in [2.75, 3.05) is 25.0 Å². The topological polar surface area (TPSA) is 35.5 Å². The summed E-state index contributed by atoms with van der Waals surface area (Å²) >= 11 is 0. The molecule has 1 aliphatic rings. The number of piperidine rings is 1. The predicted octanol–water partition coefficient (Wildman–Crippen LogP) is 3.45. The third kappa shape index (κ3) is 3.85. The first-order valence-corrected chi connectivity index (χ1v) is 7.57. The van der Waals surface area contributed by atoms with Crippen LogP contribution in [0.15, 0.2) is 18.2 Å². The molecule has 0 saturated carbocycles. The molecule has 1 aromatic rings. The number of phenolic OH excluding ortho intramolecular Hbond substituents is 1. The molecular formula is C16H25FN2O. The Balaban J connectivity index is 1.93. The van der Waals surface area contributed by atoms with Gasteiger partial charge in [0.15, 0.2) is 11.6 Å². The number of nitrogens with zero attached hydrogens (tertiary/aromatic N) is 1. The first-order valence-electron chi connectivity index (χ1n) is 7.57. The van der Waals surface area contributed by atoms with E-state index in [4.69, 9.17) is 0 Å². The minimum Gasteiger partial charge on any atom is -0.505 e. The molecule has 0 aromatic heterocycles. The van der Waals surface area contributed by atoms with Gasteiger partial charge in [0.2, 0.25) is 0 Å². The van der Waals surface area contributed by atoms with Crippen LogP contribution >= 0.6 is 0 Å². The molecule has 1 aliphatic heterocycles. The molecule has 2 N–H and O–H groups in total. The third-order valence-corrected chi connectivity index (χ3v) is 4.13. The summed E-state index contributed by atoms with van der Waals surface area (Å²) in [6.07, 6.45) is 3.65. The number of benzene rings is 1. The van der Waals surface area contributed by atoms with Crippen LogP contribution < -0.4 is 5.32 Å². The fourth-order valence-electron chi connectivity index (χ4n) is 3.00. The molecule has 1 heterocycles. The zero-order chi connectivity index (χ0) is 14.5. The summed E-state index contributed by atoms with van der Waals surface area (Å²) in [5.74, 6) is -0.277. The van der Waals surface area contributed by atoms with Gasteiger partial charge in [0, 0.05) is 24.3 Å². The second-order valence-corrected chi connectivity index (χ2v) is 5.80. The van der Waals surface area contributed by atoms with E-state index in [-0.39, 0.29) is 5.75 Å². The van der Waals surface area contributed by atoms with Gasteiger partial charge in [-0.2, -0.15) is 0 Å². The number of halogens is 1.